The fourth-order valence-electron chi connectivity index (χ4n) is 10.0. The molecular formula is C33H62O4Si2. The molecule has 4 saturated carbocycles. The van der Waals surface area contributed by atoms with Gasteiger partial charge in [0, 0.05) is 12.5 Å². The Bertz CT molecular complexity index is 861. The lowest BCUT2D eigenvalue weighted by molar-refractivity contribution is -0.194. The van der Waals surface area contributed by atoms with Crippen LogP contribution in [-0.4, -0.2) is 41.9 Å². The standard InChI is InChI=1S/C33H62O4Si2/c1-11-38(7,8)36-28-21-24-15-13-14-20-32(24,4)27-22-29(37-39(9,10)12-2)33(5)25(17-18-26(33)31(27)28)23(3)16-19-30(34)35-6/h23-29,31H,11-22H2,1-10H3/t23-,24+,25-,26+,27+,28+,29+,31+,32+,33-/m1/s1. The van der Waals surface area contributed by atoms with Crippen LogP contribution in [-0.2, 0) is 18.4 Å². The zero-order chi connectivity index (χ0) is 28.8. The van der Waals surface area contributed by atoms with E-state index in [9.17, 15) is 4.79 Å². The van der Waals surface area contributed by atoms with E-state index in [1.165, 1.54) is 70.6 Å². The maximum Gasteiger partial charge on any atom is 0.305 e. The molecule has 4 aliphatic rings. The summed E-state index contributed by atoms with van der Waals surface area (Å²) in [4.78, 5) is 12.1. The molecule has 39 heavy (non-hydrogen) atoms. The number of ether oxygens (including phenoxy) is 1. The van der Waals surface area contributed by atoms with E-state index in [0.29, 0.717) is 53.6 Å². The Morgan fingerprint density at radius 2 is 1.59 bits per heavy atom. The van der Waals surface area contributed by atoms with Crippen LogP contribution in [0.5, 0.6) is 0 Å². The van der Waals surface area contributed by atoms with E-state index in [0.717, 1.165) is 12.3 Å². The Morgan fingerprint density at radius 1 is 0.923 bits per heavy atom. The highest BCUT2D eigenvalue weighted by Gasteiger charge is 2.66. The number of methoxy groups -OCH3 is 1. The molecule has 0 aromatic heterocycles. The highest BCUT2D eigenvalue weighted by atomic mass is 28.4. The number of rotatable bonds is 10. The molecule has 0 radical (unpaired) electrons. The predicted molar refractivity (Wildman–Crippen MR) is 167 cm³/mol. The van der Waals surface area contributed by atoms with Crippen molar-refractivity contribution < 1.29 is 18.4 Å². The number of fused-ring (bicyclic) bond motifs is 5. The summed E-state index contributed by atoms with van der Waals surface area (Å²) in [5.41, 5.74) is 0.573. The van der Waals surface area contributed by atoms with Gasteiger partial charge in [-0.25, -0.2) is 0 Å². The van der Waals surface area contributed by atoms with Gasteiger partial charge in [0.1, 0.15) is 0 Å². The molecule has 0 bridgehead atoms. The van der Waals surface area contributed by atoms with E-state index in [1.807, 2.05) is 0 Å². The second-order valence-electron chi connectivity index (χ2n) is 15.8. The molecule has 10 atom stereocenters. The molecule has 4 rings (SSSR count). The molecule has 4 fully saturated rings. The van der Waals surface area contributed by atoms with Gasteiger partial charge in [0.2, 0.25) is 0 Å². The summed E-state index contributed by atoms with van der Waals surface area (Å²) < 4.78 is 19.8. The van der Waals surface area contributed by atoms with Gasteiger partial charge in [0.15, 0.2) is 16.6 Å². The van der Waals surface area contributed by atoms with Crippen LogP contribution in [0.15, 0.2) is 0 Å². The maximum atomic E-state index is 12.1. The fourth-order valence-corrected chi connectivity index (χ4v) is 12.6. The predicted octanol–water partition coefficient (Wildman–Crippen LogP) is 9.06. The molecule has 4 nitrogen and oxygen atoms in total. The Kier molecular flexibility index (Phi) is 9.64. The van der Waals surface area contributed by atoms with Gasteiger partial charge in [-0.1, -0.05) is 47.5 Å². The van der Waals surface area contributed by atoms with Crippen LogP contribution >= 0.6 is 0 Å². The van der Waals surface area contributed by atoms with Gasteiger partial charge in [-0.15, -0.1) is 0 Å². The average molecular weight is 579 g/mol. The van der Waals surface area contributed by atoms with Crippen molar-refractivity contribution in [1.82, 2.24) is 0 Å². The van der Waals surface area contributed by atoms with Crippen molar-refractivity contribution >= 4 is 22.6 Å². The molecule has 0 aromatic carbocycles. The molecule has 4 aliphatic carbocycles. The third kappa shape index (κ3) is 6.02. The second kappa shape index (κ2) is 11.8. The van der Waals surface area contributed by atoms with Crippen LogP contribution in [0, 0.1) is 46.3 Å². The molecule has 0 unspecified atom stereocenters. The molecule has 226 valence electrons. The lowest BCUT2D eigenvalue weighted by atomic mass is 9.43. The van der Waals surface area contributed by atoms with E-state index in [4.69, 9.17) is 13.6 Å². The first kappa shape index (κ1) is 31.8. The Balaban J connectivity index is 1.75. The summed E-state index contributed by atoms with van der Waals surface area (Å²) in [5, 5.41) is 0. The largest absolute Gasteiger partial charge is 0.469 e. The SMILES string of the molecule is CC[Si](C)(C)O[C@H]1C[C@@H]2CCCC[C@]2(C)[C@H]2C[C@H](O[Si](C)(C)CC)[C@]3(C)[C@@H]([C@H](C)CCC(=O)OC)CC[C@H]3[C@H]12. The van der Waals surface area contributed by atoms with Gasteiger partial charge in [-0.2, -0.15) is 0 Å². The Hall–Kier alpha value is -0.176. The average Bonchev–Trinajstić information content (AvgIpc) is 3.25. The lowest BCUT2D eigenvalue weighted by Crippen LogP contribution is -2.64. The first-order valence-electron chi connectivity index (χ1n) is 16.6. The van der Waals surface area contributed by atoms with Crippen LogP contribution in [0.4, 0.5) is 0 Å². The summed E-state index contributed by atoms with van der Waals surface area (Å²) in [6.45, 7) is 22.2. The number of hydrogen-bond acceptors (Lipinski definition) is 4. The van der Waals surface area contributed by atoms with Crippen molar-refractivity contribution in [3.05, 3.63) is 0 Å². The monoisotopic (exact) mass is 578 g/mol. The molecule has 0 spiro atoms. The molecule has 0 aliphatic heterocycles. The first-order chi connectivity index (χ1) is 18.2. The van der Waals surface area contributed by atoms with E-state index in [-0.39, 0.29) is 11.4 Å². The quantitative estimate of drug-likeness (QED) is 0.192. The molecular weight excluding hydrogens is 517 g/mol. The molecule has 0 amide bonds. The topological polar surface area (TPSA) is 44.8 Å². The summed E-state index contributed by atoms with van der Waals surface area (Å²) in [5.74, 6) is 3.83. The Labute approximate surface area is 243 Å². The fraction of sp³-hybridized carbons (Fsp3) is 0.970. The maximum absolute atomic E-state index is 12.1. The highest BCUT2D eigenvalue weighted by Crippen LogP contribution is 2.69. The minimum absolute atomic E-state index is 0.0682. The van der Waals surface area contributed by atoms with Crippen LogP contribution < -0.4 is 0 Å². The zero-order valence-corrected chi connectivity index (χ0v) is 29.2. The van der Waals surface area contributed by atoms with Crippen molar-refractivity contribution in [3.8, 4) is 0 Å². The van der Waals surface area contributed by atoms with Gasteiger partial charge >= 0.3 is 5.97 Å². The third-order valence-corrected chi connectivity index (χ3v) is 18.3. The molecule has 6 heteroatoms. The van der Waals surface area contributed by atoms with Gasteiger partial charge in [0.05, 0.1) is 13.2 Å². The van der Waals surface area contributed by atoms with Crippen LogP contribution in [0.1, 0.15) is 98.8 Å². The van der Waals surface area contributed by atoms with Gasteiger partial charge in [0.25, 0.3) is 0 Å². The van der Waals surface area contributed by atoms with E-state index >= 15 is 0 Å². The first-order valence-corrected chi connectivity index (χ1v) is 22.9. The van der Waals surface area contributed by atoms with Crippen LogP contribution in [0.2, 0.25) is 38.3 Å². The number of carbonyl (C=O) groups is 1. The molecule has 0 N–H and O–H groups in total. The van der Waals surface area contributed by atoms with E-state index in [2.05, 4.69) is 60.8 Å². The normalized spacial score (nSPS) is 41.3. The van der Waals surface area contributed by atoms with Crippen LogP contribution in [0.3, 0.4) is 0 Å². The highest BCUT2D eigenvalue weighted by molar-refractivity contribution is 6.71. The summed E-state index contributed by atoms with van der Waals surface area (Å²) in [7, 11) is -1.94. The van der Waals surface area contributed by atoms with Crippen molar-refractivity contribution in [2.75, 3.05) is 7.11 Å². The van der Waals surface area contributed by atoms with Crippen molar-refractivity contribution in [2.24, 2.45) is 46.3 Å². The number of esters is 1. The zero-order valence-electron chi connectivity index (χ0n) is 27.2. The minimum Gasteiger partial charge on any atom is -0.469 e. The van der Waals surface area contributed by atoms with Gasteiger partial charge in [-0.3, -0.25) is 4.79 Å². The van der Waals surface area contributed by atoms with Crippen LogP contribution in [0.25, 0.3) is 0 Å². The molecule has 0 aromatic rings. The smallest absolute Gasteiger partial charge is 0.305 e. The lowest BCUT2D eigenvalue weighted by Gasteiger charge is -2.65. The van der Waals surface area contributed by atoms with Gasteiger partial charge < -0.3 is 13.6 Å². The summed E-state index contributed by atoms with van der Waals surface area (Å²) in [6, 6.07) is 2.36. The second-order valence-corrected chi connectivity index (χ2v) is 24.8. The van der Waals surface area contributed by atoms with E-state index < -0.39 is 16.6 Å². The van der Waals surface area contributed by atoms with E-state index in [1.54, 1.807) is 0 Å². The number of carbonyl (C=O) groups excluding carboxylic acids is 1. The Morgan fingerprint density at radius 3 is 2.23 bits per heavy atom. The third-order valence-electron chi connectivity index (χ3n) is 13.1. The minimum atomic E-state index is -1.76. The van der Waals surface area contributed by atoms with Crippen molar-refractivity contribution in [2.45, 2.75) is 149 Å². The van der Waals surface area contributed by atoms with Gasteiger partial charge in [-0.05, 0) is 130 Å². The summed E-state index contributed by atoms with van der Waals surface area (Å²) in [6.07, 6.45) is 12.8. The van der Waals surface area contributed by atoms with Crippen molar-refractivity contribution in [1.29, 1.82) is 0 Å². The summed E-state index contributed by atoms with van der Waals surface area (Å²) >= 11 is 0. The number of hydrogen-bond donors (Lipinski definition) is 0. The molecule has 0 saturated heterocycles. The molecule has 0 heterocycles. The van der Waals surface area contributed by atoms with Crippen molar-refractivity contribution in [3.63, 3.8) is 0 Å².